The van der Waals surface area contributed by atoms with Crippen molar-refractivity contribution in [2.75, 3.05) is 6.61 Å². The van der Waals surface area contributed by atoms with Gasteiger partial charge in [0.25, 0.3) is 0 Å². The van der Waals surface area contributed by atoms with E-state index in [1.807, 2.05) is 12.2 Å². The quantitative estimate of drug-likeness (QED) is 0.428. The number of carbonyl (C=O) groups is 1. The SMILES string of the molecule is O=C[C@H]1CC=C[C@H]1CO. The second-order valence-electron chi connectivity index (χ2n) is 2.31. The minimum absolute atomic E-state index is 0.0370. The van der Waals surface area contributed by atoms with Gasteiger partial charge in [0.15, 0.2) is 0 Å². The van der Waals surface area contributed by atoms with Gasteiger partial charge in [-0.3, -0.25) is 0 Å². The first-order chi connectivity index (χ1) is 4.38. The summed E-state index contributed by atoms with van der Waals surface area (Å²) >= 11 is 0. The van der Waals surface area contributed by atoms with Gasteiger partial charge in [0.1, 0.15) is 6.29 Å². The molecule has 0 amide bonds. The highest BCUT2D eigenvalue weighted by molar-refractivity contribution is 5.56. The molecule has 2 nitrogen and oxygen atoms in total. The maximum Gasteiger partial charge on any atom is 0.124 e. The van der Waals surface area contributed by atoms with E-state index >= 15 is 0 Å². The third-order valence-electron chi connectivity index (χ3n) is 1.73. The molecule has 0 aromatic rings. The van der Waals surface area contributed by atoms with Crippen molar-refractivity contribution in [3.63, 3.8) is 0 Å². The smallest absolute Gasteiger partial charge is 0.124 e. The van der Waals surface area contributed by atoms with Gasteiger partial charge in [0, 0.05) is 11.8 Å². The molecule has 0 saturated carbocycles. The molecule has 0 radical (unpaired) electrons. The van der Waals surface area contributed by atoms with Crippen molar-refractivity contribution in [3.8, 4) is 0 Å². The van der Waals surface area contributed by atoms with Crippen LogP contribution in [0.15, 0.2) is 12.2 Å². The van der Waals surface area contributed by atoms with Crippen molar-refractivity contribution in [1.29, 1.82) is 0 Å². The fourth-order valence-corrected chi connectivity index (χ4v) is 1.08. The number of hydrogen-bond acceptors (Lipinski definition) is 2. The van der Waals surface area contributed by atoms with Crippen LogP contribution in [-0.4, -0.2) is 18.0 Å². The van der Waals surface area contributed by atoms with Crippen LogP contribution in [0.2, 0.25) is 0 Å². The summed E-state index contributed by atoms with van der Waals surface area (Å²) in [6, 6.07) is 0. The second kappa shape index (κ2) is 2.78. The number of carbonyl (C=O) groups excluding carboxylic acids is 1. The van der Waals surface area contributed by atoms with Crippen LogP contribution in [0, 0.1) is 11.8 Å². The van der Waals surface area contributed by atoms with Gasteiger partial charge in [-0.25, -0.2) is 0 Å². The minimum atomic E-state index is 0.0370. The molecule has 2 heteroatoms. The Labute approximate surface area is 54.2 Å². The molecule has 0 unspecified atom stereocenters. The molecule has 0 bridgehead atoms. The highest BCUT2D eigenvalue weighted by Crippen LogP contribution is 2.21. The van der Waals surface area contributed by atoms with Crippen LogP contribution in [-0.2, 0) is 4.79 Å². The van der Waals surface area contributed by atoms with Gasteiger partial charge in [0.2, 0.25) is 0 Å². The lowest BCUT2D eigenvalue weighted by atomic mass is 9.98. The normalized spacial score (nSPS) is 33.0. The van der Waals surface area contributed by atoms with E-state index in [-0.39, 0.29) is 18.4 Å². The fourth-order valence-electron chi connectivity index (χ4n) is 1.08. The second-order valence-corrected chi connectivity index (χ2v) is 2.31. The van der Waals surface area contributed by atoms with E-state index in [2.05, 4.69) is 0 Å². The van der Waals surface area contributed by atoms with Crippen molar-refractivity contribution >= 4 is 6.29 Å². The molecule has 0 aromatic carbocycles. The van der Waals surface area contributed by atoms with Crippen LogP contribution in [0.4, 0.5) is 0 Å². The van der Waals surface area contributed by atoms with Gasteiger partial charge in [-0.15, -0.1) is 0 Å². The van der Waals surface area contributed by atoms with E-state index in [1.54, 1.807) is 0 Å². The molecule has 1 aliphatic carbocycles. The van der Waals surface area contributed by atoms with Crippen molar-refractivity contribution in [2.24, 2.45) is 11.8 Å². The molecule has 1 aliphatic rings. The van der Waals surface area contributed by atoms with Gasteiger partial charge in [-0.05, 0) is 6.42 Å². The summed E-state index contributed by atoms with van der Waals surface area (Å²) in [5.74, 6) is 0.123. The first-order valence-electron chi connectivity index (χ1n) is 3.11. The molecule has 0 fully saturated rings. The van der Waals surface area contributed by atoms with E-state index in [0.29, 0.717) is 0 Å². The number of aliphatic hydroxyl groups excluding tert-OH is 1. The molecule has 0 saturated heterocycles. The zero-order chi connectivity index (χ0) is 6.69. The predicted octanol–water partition coefficient (Wildman–Crippen LogP) is 0.370. The Balaban J connectivity index is 2.48. The first kappa shape index (κ1) is 6.49. The average molecular weight is 126 g/mol. The number of aldehydes is 1. The fraction of sp³-hybridized carbons (Fsp3) is 0.571. The lowest BCUT2D eigenvalue weighted by Crippen LogP contribution is -2.12. The van der Waals surface area contributed by atoms with Crippen molar-refractivity contribution in [3.05, 3.63) is 12.2 Å². The monoisotopic (exact) mass is 126 g/mol. The summed E-state index contributed by atoms with van der Waals surface area (Å²) in [4.78, 5) is 10.2. The maximum atomic E-state index is 10.2. The van der Waals surface area contributed by atoms with Crippen LogP contribution in [0.25, 0.3) is 0 Å². The Kier molecular flexibility index (Phi) is 2.01. The molecule has 50 valence electrons. The number of rotatable bonds is 2. The lowest BCUT2D eigenvalue weighted by Gasteiger charge is -2.07. The van der Waals surface area contributed by atoms with Crippen molar-refractivity contribution in [1.82, 2.24) is 0 Å². The van der Waals surface area contributed by atoms with Crippen LogP contribution < -0.4 is 0 Å². The summed E-state index contributed by atoms with van der Waals surface area (Å²) in [6.45, 7) is 0.0971. The van der Waals surface area contributed by atoms with Crippen molar-refractivity contribution in [2.45, 2.75) is 6.42 Å². The van der Waals surface area contributed by atoms with Crippen LogP contribution in [0.1, 0.15) is 6.42 Å². The van der Waals surface area contributed by atoms with E-state index in [1.165, 1.54) is 0 Å². The van der Waals surface area contributed by atoms with Gasteiger partial charge in [-0.2, -0.15) is 0 Å². The first-order valence-corrected chi connectivity index (χ1v) is 3.11. The summed E-state index contributed by atoms with van der Waals surface area (Å²) in [5, 5.41) is 8.66. The third-order valence-corrected chi connectivity index (χ3v) is 1.73. The van der Waals surface area contributed by atoms with Gasteiger partial charge >= 0.3 is 0 Å². The predicted molar refractivity (Wildman–Crippen MR) is 33.9 cm³/mol. The Morgan fingerprint density at radius 1 is 1.78 bits per heavy atom. The Hall–Kier alpha value is -0.630. The number of hydrogen-bond donors (Lipinski definition) is 1. The molecule has 0 aliphatic heterocycles. The summed E-state index contributed by atoms with van der Waals surface area (Å²) < 4.78 is 0. The zero-order valence-corrected chi connectivity index (χ0v) is 5.16. The summed E-state index contributed by atoms with van der Waals surface area (Å²) in [6.07, 6.45) is 5.56. The summed E-state index contributed by atoms with van der Waals surface area (Å²) in [5.41, 5.74) is 0. The average Bonchev–Trinajstić information content (AvgIpc) is 2.33. The van der Waals surface area contributed by atoms with Crippen molar-refractivity contribution < 1.29 is 9.90 Å². The number of allylic oxidation sites excluding steroid dienone is 1. The minimum Gasteiger partial charge on any atom is -0.396 e. The Morgan fingerprint density at radius 3 is 3.00 bits per heavy atom. The van der Waals surface area contributed by atoms with Gasteiger partial charge in [0.05, 0.1) is 6.61 Å². The zero-order valence-electron chi connectivity index (χ0n) is 5.16. The Morgan fingerprint density at radius 2 is 2.56 bits per heavy atom. The van der Waals surface area contributed by atoms with Crippen LogP contribution >= 0.6 is 0 Å². The van der Waals surface area contributed by atoms with E-state index in [4.69, 9.17) is 5.11 Å². The number of aliphatic hydroxyl groups is 1. The molecular weight excluding hydrogens is 116 g/mol. The molecular formula is C7H10O2. The standard InChI is InChI=1S/C7H10O2/c8-4-6-2-1-3-7(6)5-9/h1-2,5-8H,3-4H2/t6-,7+/m0/s1. The molecule has 1 N–H and O–H groups in total. The lowest BCUT2D eigenvalue weighted by molar-refractivity contribution is -0.112. The van der Waals surface area contributed by atoms with E-state index in [0.717, 1.165) is 12.7 Å². The van der Waals surface area contributed by atoms with E-state index in [9.17, 15) is 4.79 Å². The molecule has 0 aromatic heterocycles. The van der Waals surface area contributed by atoms with Crippen LogP contribution in [0.5, 0.6) is 0 Å². The summed E-state index contributed by atoms with van der Waals surface area (Å²) in [7, 11) is 0. The van der Waals surface area contributed by atoms with Gasteiger partial charge in [-0.1, -0.05) is 12.2 Å². The molecule has 0 heterocycles. The third kappa shape index (κ3) is 1.19. The molecule has 1 rings (SSSR count). The molecule has 2 atom stereocenters. The van der Waals surface area contributed by atoms with Crippen LogP contribution in [0.3, 0.4) is 0 Å². The highest BCUT2D eigenvalue weighted by atomic mass is 16.3. The maximum absolute atomic E-state index is 10.2. The molecule has 0 spiro atoms. The largest absolute Gasteiger partial charge is 0.396 e. The highest BCUT2D eigenvalue weighted by Gasteiger charge is 2.20. The van der Waals surface area contributed by atoms with E-state index < -0.39 is 0 Å². The topological polar surface area (TPSA) is 37.3 Å². The van der Waals surface area contributed by atoms with Gasteiger partial charge < -0.3 is 9.90 Å². The molecule has 9 heavy (non-hydrogen) atoms. The Bertz CT molecular complexity index is 129.